The lowest BCUT2D eigenvalue weighted by Crippen LogP contribution is -2.45. The Hall–Kier alpha value is -2.08. The first-order valence-corrected chi connectivity index (χ1v) is 8.28. The van der Waals surface area contributed by atoms with Gasteiger partial charge in [-0.15, -0.1) is 0 Å². The smallest absolute Gasteiger partial charge is 0.321 e. The number of hydrogen-bond donors (Lipinski definition) is 2. The van der Waals surface area contributed by atoms with Crippen LogP contribution < -0.4 is 5.32 Å². The summed E-state index contributed by atoms with van der Waals surface area (Å²) >= 11 is 0. The SMILES string of the molecule is Cc1cc(C)c(NC(=O)N2C[C@@H]3COCC[C@]3(C(=O)O)C2)c(C)c1. The topological polar surface area (TPSA) is 78.9 Å². The maximum atomic E-state index is 12.7. The number of rotatable bonds is 2. The number of fused-ring (bicyclic) bond motifs is 1. The van der Waals surface area contributed by atoms with Gasteiger partial charge in [0.15, 0.2) is 0 Å². The molecule has 2 aliphatic rings. The Bertz CT molecular complexity index is 665. The zero-order valence-electron chi connectivity index (χ0n) is 14.4. The molecule has 2 aliphatic heterocycles. The number of aryl methyl sites for hydroxylation is 3. The van der Waals surface area contributed by atoms with Crippen LogP contribution in [0.1, 0.15) is 23.1 Å². The van der Waals surface area contributed by atoms with Crippen molar-refractivity contribution < 1.29 is 19.4 Å². The summed E-state index contributed by atoms with van der Waals surface area (Å²) in [7, 11) is 0. The van der Waals surface area contributed by atoms with Gasteiger partial charge in [-0.3, -0.25) is 4.79 Å². The van der Waals surface area contributed by atoms with E-state index in [0.717, 1.165) is 22.4 Å². The minimum atomic E-state index is -0.868. The summed E-state index contributed by atoms with van der Waals surface area (Å²) in [6.45, 7) is 7.45. The number of likely N-dealkylation sites (tertiary alicyclic amines) is 1. The van der Waals surface area contributed by atoms with Gasteiger partial charge in [-0.2, -0.15) is 0 Å². The van der Waals surface area contributed by atoms with Crippen LogP contribution in [0, 0.1) is 32.1 Å². The van der Waals surface area contributed by atoms with Crippen molar-refractivity contribution in [1.29, 1.82) is 0 Å². The Morgan fingerprint density at radius 1 is 1.29 bits per heavy atom. The Labute approximate surface area is 141 Å². The average molecular weight is 332 g/mol. The molecule has 0 bridgehead atoms. The van der Waals surface area contributed by atoms with Crippen molar-refractivity contribution in [2.24, 2.45) is 11.3 Å². The van der Waals surface area contributed by atoms with Gasteiger partial charge in [0.25, 0.3) is 0 Å². The van der Waals surface area contributed by atoms with Gasteiger partial charge in [-0.05, 0) is 38.3 Å². The molecule has 0 spiro atoms. The Morgan fingerprint density at radius 3 is 2.54 bits per heavy atom. The molecule has 2 amide bonds. The molecule has 2 atom stereocenters. The minimum Gasteiger partial charge on any atom is -0.481 e. The van der Waals surface area contributed by atoms with Crippen LogP contribution in [0.5, 0.6) is 0 Å². The molecule has 0 unspecified atom stereocenters. The highest BCUT2D eigenvalue weighted by Gasteiger charge is 2.55. The first-order valence-electron chi connectivity index (χ1n) is 8.28. The van der Waals surface area contributed by atoms with Crippen molar-refractivity contribution >= 4 is 17.7 Å². The van der Waals surface area contributed by atoms with E-state index in [4.69, 9.17) is 4.74 Å². The summed E-state index contributed by atoms with van der Waals surface area (Å²) in [5.41, 5.74) is 3.10. The number of carbonyl (C=O) groups excluding carboxylic acids is 1. The van der Waals surface area contributed by atoms with Crippen LogP contribution >= 0.6 is 0 Å². The molecule has 2 fully saturated rings. The van der Waals surface area contributed by atoms with Crippen LogP contribution in [0.3, 0.4) is 0 Å². The van der Waals surface area contributed by atoms with Crippen molar-refractivity contribution in [3.8, 4) is 0 Å². The summed E-state index contributed by atoms with van der Waals surface area (Å²) < 4.78 is 5.43. The van der Waals surface area contributed by atoms with Crippen LogP contribution in [-0.2, 0) is 9.53 Å². The highest BCUT2D eigenvalue weighted by molar-refractivity contribution is 5.92. The first-order chi connectivity index (χ1) is 11.3. The van der Waals surface area contributed by atoms with Gasteiger partial charge in [0.2, 0.25) is 0 Å². The monoisotopic (exact) mass is 332 g/mol. The van der Waals surface area contributed by atoms with Gasteiger partial charge in [-0.25, -0.2) is 4.79 Å². The summed E-state index contributed by atoms with van der Waals surface area (Å²) in [6, 6.07) is 3.82. The molecule has 2 heterocycles. The van der Waals surface area contributed by atoms with Crippen molar-refractivity contribution in [2.45, 2.75) is 27.2 Å². The number of anilines is 1. The molecule has 0 aliphatic carbocycles. The number of amides is 2. The number of carboxylic acid groups (broad SMARTS) is 1. The lowest BCUT2D eigenvalue weighted by atomic mass is 9.74. The predicted molar refractivity (Wildman–Crippen MR) is 90.2 cm³/mol. The quantitative estimate of drug-likeness (QED) is 0.872. The molecule has 6 nitrogen and oxygen atoms in total. The standard InChI is InChI=1S/C18H24N2O4/c1-11-6-12(2)15(13(3)7-11)19-17(23)20-8-14-9-24-5-4-18(14,10-20)16(21)22/h6-7,14H,4-5,8-10H2,1-3H3,(H,19,23)(H,21,22)/t14-,18+/m1/s1. The maximum Gasteiger partial charge on any atom is 0.321 e. The predicted octanol–water partition coefficient (Wildman–Crippen LogP) is 2.57. The van der Waals surface area contributed by atoms with Crippen molar-refractivity contribution in [1.82, 2.24) is 4.90 Å². The second kappa shape index (κ2) is 6.09. The van der Waals surface area contributed by atoms with E-state index in [-0.39, 0.29) is 18.5 Å². The van der Waals surface area contributed by atoms with E-state index in [2.05, 4.69) is 5.32 Å². The second-order valence-corrected chi connectivity index (χ2v) is 7.07. The fourth-order valence-electron chi connectivity index (χ4n) is 4.02. The fourth-order valence-corrected chi connectivity index (χ4v) is 4.02. The Balaban J connectivity index is 1.79. The molecule has 6 heteroatoms. The number of aliphatic carboxylic acids is 1. The molecular weight excluding hydrogens is 308 g/mol. The van der Waals surface area contributed by atoms with Gasteiger partial charge in [0, 0.05) is 31.3 Å². The second-order valence-electron chi connectivity index (χ2n) is 7.07. The fraction of sp³-hybridized carbons (Fsp3) is 0.556. The molecule has 0 aromatic heterocycles. The summed E-state index contributed by atoms with van der Waals surface area (Å²) in [5.74, 6) is -0.969. The number of urea groups is 1. The Morgan fingerprint density at radius 2 is 1.96 bits per heavy atom. The first kappa shape index (κ1) is 16.8. The zero-order chi connectivity index (χ0) is 17.5. The van der Waals surface area contributed by atoms with E-state index in [1.54, 1.807) is 4.90 Å². The van der Waals surface area contributed by atoms with Gasteiger partial charge < -0.3 is 20.1 Å². The van der Waals surface area contributed by atoms with Crippen molar-refractivity contribution in [3.63, 3.8) is 0 Å². The van der Waals surface area contributed by atoms with Crippen molar-refractivity contribution in [3.05, 3.63) is 28.8 Å². The average Bonchev–Trinajstić information content (AvgIpc) is 2.91. The number of benzene rings is 1. The normalized spacial score (nSPS) is 26.1. The summed E-state index contributed by atoms with van der Waals surface area (Å²) in [6.07, 6.45) is 0.458. The van der Waals surface area contributed by atoms with Gasteiger partial charge >= 0.3 is 12.0 Å². The molecule has 3 rings (SSSR count). The van der Waals surface area contributed by atoms with Crippen molar-refractivity contribution in [2.75, 3.05) is 31.6 Å². The van der Waals surface area contributed by atoms with Crippen LogP contribution in [0.25, 0.3) is 0 Å². The number of nitrogens with zero attached hydrogens (tertiary/aromatic N) is 1. The highest BCUT2D eigenvalue weighted by Crippen LogP contribution is 2.42. The third-order valence-electron chi connectivity index (χ3n) is 5.33. The molecule has 1 aromatic rings. The van der Waals surface area contributed by atoms with Crippen LogP contribution in [-0.4, -0.2) is 48.3 Å². The highest BCUT2D eigenvalue weighted by atomic mass is 16.5. The van der Waals surface area contributed by atoms with Gasteiger partial charge in [-0.1, -0.05) is 17.7 Å². The molecule has 0 radical (unpaired) electrons. The lowest BCUT2D eigenvalue weighted by Gasteiger charge is -2.33. The lowest BCUT2D eigenvalue weighted by molar-refractivity contribution is -0.157. The number of ether oxygens (including phenoxy) is 1. The van der Waals surface area contributed by atoms with Crippen LogP contribution in [0.4, 0.5) is 10.5 Å². The summed E-state index contributed by atoms with van der Waals surface area (Å²) in [5, 5.41) is 12.7. The third-order valence-corrected chi connectivity index (χ3v) is 5.33. The van der Waals surface area contributed by atoms with Gasteiger partial charge in [0.05, 0.1) is 12.0 Å². The molecule has 2 saturated heterocycles. The van der Waals surface area contributed by atoms with E-state index >= 15 is 0 Å². The maximum absolute atomic E-state index is 12.7. The molecule has 1 aromatic carbocycles. The Kier molecular flexibility index (Phi) is 4.25. The summed E-state index contributed by atoms with van der Waals surface area (Å²) in [4.78, 5) is 26.1. The van der Waals surface area contributed by atoms with E-state index in [1.807, 2.05) is 32.9 Å². The van der Waals surface area contributed by atoms with E-state index in [1.165, 1.54) is 0 Å². The number of carboxylic acids is 1. The third kappa shape index (κ3) is 2.75. The number of hydrogen-bond acceptors (Lipinski definition) is 3. The van der Waals surface area contributed by atoms with Gasteiger partial charge in [0.1, 0.15) is 0 Å². The molecule has 2 N–H and O–H groups in total. The molecular formula is C18H24N2O4. The number of nitrogens with one attached hydrogen (secondary N) is 1. The van der Waals surface area contributed by atoms with Crippen LogP contribution in [0.15, 0.2) is 12.1 Å². The molecule has 24 heavy (non-hydrogen) atoms. The van der Waals surface area contributed by atoms with E-state index < -0.39 is 11.4 Å². The largest absolute Gasteiger partial charge is 0.481 e. The minimum absolute atomic E-state index is 0.144. The zero-order valence-corrected chi connectivity index (χ0v) is 14.4. The number of carbonyl (C=O) groups is 2. The molecule has 130 valence electrons. The molecule has 0 saturated carbocycles. The van der Waals surface area contributed by atoms with E-state index in [9.17, 15) is 14.7 Å². The van der Waals surface area contributed by atoms with Crippen LogP contribution in [0.2, 0.25) is 0 Å². The van der Waals surface area contributed by atoms with E-state index in [0.29, 0.717) is 26.2 Å².